The Bertz CT molecular complexity index is 364. The van der Waals surface area contributed by atoms with Crippen molar-refractivity contribution >= 4 is 0 Å². The second-order valence-corrected chi connectivity index (χ2v) is 3.11. The Labute approximate surface area is 87.5 Å². The number of methoxy groups -OCH3 is 1. The summed E-state index contributed by atoms with van der Waals surface area (Å²) in [6, 6.07) is 2.85. The fourth-order valence-electron chi connectivity index (χ4n) is 1.17. The largest absolute Gasteiger partial charge is 0.480 e. The van der Waals surface area contributed by atoms with E-state index < -0.39 is 6.10 Å². The Kier molecular flexibility index (Phi) is 4.26. The van der Waals surface area contributed by atoms with Crippen molar-refractivity contribution in [1.82, 2.24) is 15.1 Å². The van der Waals surface area contributed by atoms with E-state index in [1.165, 1.54) is 23.9 Å². The lowest BCUT2D eigenvalue weighted by Crippen LogP contribution is -2.33. The summed E-state index contributed by atoms with van der Waals surface area (Å²) in [5, 5.41) is 16.2. The first-order valence-corrected chi connectivity index (χ1v) is 4.62. The van der Waals surface area contributed by atoms with Gasteiger partial charge in [0.25, 0.3) is 5.56 Å². The van der Waals surface area contributed by atoms with Gasteiger partial charge in [0.15, 0.2) is 0 Å². The second-order valence-electron chi connectivity index (χ2n) is 3.11. The van der Waals surface area contributed by atoms with Gasteiger partial charge in [0.2, 0.25) is 5.88 Å². The highest BCUT2D eigenvalue weighted by Crippen LogP contribution is 1.99. The first kappa shape index (κ1) is 11.7. The first-order chi connectivity index (χ1) is 7.17. The summed E-state index contributed by atoms with van der Waals surface area (Å²) in [6.07, 6.45) is -0.646. The molecule has 6 nitrogen and oxygen atoms in total. The Morgan fingerprint density at radius 1 is 1.67 bits per heavy atom. The van der Waals surface area contributed by atoms with Gasteiger partial charge in [-0.3, -0.25) is 4.79 Å². The Morgan fingerprint density at radius 3 is 3.00 bits per heavy atom. The summed E-state index contributed by atoms with van der Waals surface area (Å²) in [4.78, 5) is 11.3. The second kappa shape index (κ2) is 5.47. The molecule has 0 radical (unpaired) electrons. The van der Waals surface area contributed by atoms with Crippen LogP contribution in [-0.2, 0) is 6.54 Å². The molecule has 0 spiro atoms. The molecule has 0 aromatic carbocycles. The van der Waals surface area contributed by atoms with E-state index in [0.29, 0.717) is 12.4 Å². The molecule has 0 aliphatic carbocycles. The lowest BCUT2D eigenvalue weighted by molar-refractivity contribution is 0.146. The van der Waals surface area contributed by atoms with Gasteiger partial charge in [0.1, 0.15) is 0 Å². The number of rotatable bonds is 5. The molecule has 1 unspecified atom stereocenters. The van der Waals surface area contributed by atoms with E-state index in [1.807, 2.05) is 0 Å². The SMILES string of the molecule is CNCC(O)Cn1nc(OC)ccc1=O. The van der Waals surface area contributed by atoms with E-state index in [4.69, 9.17) is 4.74 Å². The van der Waals surface area contributed by atoms with Crippen molar-refractivity contribution in [3.63, 3.8) is 0 Å². The molecular weight excluding hydrogens is 198 g/mol. The van der Waals surface area contributed by atoms with E-state index in [0.717, 1.165) is 0 Å². The fraction of sp³-hybridized carbons (Fsp3) is 0.556. The number of aromatic nitrogens is 2. The van der Waals surface area contributed by atoms with Crippen LogP contribution in [0.4, 0.5) is 0 Å². The van der Waals surface area contributed by atoms with Crippen LogP contribution in [0.2, 0.25) is 0 Å². The predicted molar refractivity (Wildman–Crippen MR) is 55.0 cm³/mol. The zero-order chi connectivity index (χ0) is 11.3. The molecular formula is C9H15N3O3. The van der Waals surface area contributed by atoms with Crippen molar-refractivity contribution in [3.8, 4) is 5.88 Å². The molecule has 0 saturated carbocycles. The zero-order valence-corrected chi connectivity index (χ0v) is 8.80. The zero-order valence-electron chi connectivity index (χ0n) is 8.80. The molecule has 1 atom stereocenters. The summed E-state index contributed by atoms with van der Waals surface area (Å²) in [5.41, 5.74) is -0.258. The van der Waals surface area contributed by atoms with Gasteiger partial charge in [-0.1, -0.05) is 0 Å². The Hall–Kier alpha value is -1.40. The normalized spacial score (nSPS) is 12.5. The predicted octanol–water partition coefficient (Wildman–Crippen LogP) is -1.17. The number of hydrogen-bond donors (Lipinski definition) is 2. The molecule has 0 fully saturated rings. The topological polar surface area (TPSA) is 76.4 Å². The quantitative estimate of drug-likeness (QED) is 0.644. The van der Waals surface area contributed by atoms with Gasteiger partial charge in [-0.2, -0.15) is 0 Å². The Balaban J connectivity index is 2.79. The van der Waals surface area contributed by atoms with Crippen molar-refractivity contribution < 1.29 is 9.84 Å². The molecule has 0 amide bonds. The van der Waals surface area contributed by atoms with Crippen LogP contribution in [0.25, 0.3) is 0 Å². The third kappa shape index (κ3) is 3.34. The molecule has 1 aromatic heterocycles. The summed E-state index contributed by atoms with van der Waals surface area (Å²) in [6.45, 7) is 0.558. The lowest BCUT2D eigenvalue weighted by atomic mass is 10.3. The third-order valence-corrected chi connectivity index (χ3v) is 1.87. The van der Waals surface area contributed by atoms with Gasteiger partial charge in [0, 0.05) is 18.7 Å². The van der Waals surface area contributed by atoms with E-state index in [2.05, 4.69) is 10.4 Å². The summed E-state index contributed by atoms with van der Waals surface area (Å²) < 4.78 is 6.06. The van der Waals surface area contributed by atoms with Gasteiger partial charge < -0.3 is 15.2 Å². The minimum absolute atomic E-state index is 0.150. The van der Waals surface area contributed by atoms with Crippen LogP contribution in [0.15, 0.2) is 16.9 Å². The van der Waals surface area contributed by atoms with Gasteiger partial charge in [0.05, 0.1) is 19.8 Å². The van der Waals surface area contributed by atoms with Crippen LogP contribution >= 0.6 is 0 Å². The van der Waals surface area contributed by atoms with E-state index in [-0.39, 0.29) is 12.1 Å². The third-order valence-electron chi connectivity index (χ3n) is 1.87. The van der Waals surface area contributed by atoms with Crippen LogP contribution in [-0.4, -0.2) is 41.7 Å². The number of nitrogens with zero attached hydrogens (tertiary/aromatic N) is 2. The van der Waals surface area contributed by atoms with Crippen LogP contribution in [0.5, 0.6) is 5.88 Å². The first-order valence-electron chi connectivity index (χ1n) is 4.62. The van der Waals surface area contributed by atoms with Gasteiger partial charge >= 0.3 is 0 Å². The average molecular weight is 213 g/mol. The maximum Gasteiger partial charge on any atom is 0.267 e. The molecule has 0 saturated heterocycles. The van der Waals surface area contributed by atoms with Gasteiger partial charge in [-0.15, -0.1) is 5.10 Å². The summed E-state index contributed by atoms with van der Waals surface area (Å²) in [5.74, 6) is 0.353. The number of hydrogen-bond acceptors (Lipinski definition) is 5. The monoisotopic (exact) mass is 213 g/mol. The van der Waals surface area contributed by atoms with Crippen LogP contribution in [0.3, 0.4) is 0 Å². The number of likely N-dealkylation sites (N-methyl/N-ethyl adjacent to an activating group) is 1. The smallest absolute Gasteiger partial charge is 0.267 e. The highest BCUT2D eigenvalue weighted by molar-refractivity contribution is 5.06. The number of aliphatic hydroxyl groups is 1. The molecule has 0 bridgehead atoms. The lowest BCUT2D eigenvalue weighted by Gasteiger charge is -2.11. The standard InChI is InChI=1S/C9H15N3O3/c1-10-5-7(13)6-12-9(14)4-3-8(11-12)15-2/h3-4,7,10,13H,5-6H2,1-2H3. The van der Waals surface area contributed by atoms with Crippen LogP contribution < -0.4 is 15.6 Å². The van der Waals surface area contributed by atoms with E-state index >= 15 is 0 Å². The highest BCUT2D eigenvalue weighted by Gasteiger charge is 2.07. The molecule has 2 N–H and O–H groups in total. The maximum absolute atomic E-state index is 11.3. The number of ether oxygens (including phenoxy) is 1. The van der Waals surface area contributed by atoms with Crippen molar-refractivity contribution in [2.45, 2.75) is 12.6 Å². The summed E-state index contributed by atoms with van der Waals surface area (Å²) >= 11 is 0. The van der Waals surface area contributed by atoms with E-state index in [9.17, 15) is 9.90 Å². The maximum atomic E-state index is 11.3. The number of aliphatic hydroxyl groups excluding tert-OH is 1. The minimum Gasteiger partial charge on any atom is -0.480 e. The average Bonchev–Trinajstić information content (AvgIpc) is 2.21. The minimum atomic E-state index is -0.646. The Morgan fingerprint density at radius 2 is 2.40 bits per heavy atom. The van der Waals surface area contributed by atoms with Crippen LogP contribution in [0.1, 0.15) is 0 Å². The van der Waals surface area contributed by atoms with E-state index in [1.54, 1.807) is 7.05 Å². The summed E-state index contributed by atoms with van der Waals surface area (Å²) in [7, 11) is 3.20. The molecule has 84 valence electrons. The number of nitrogens with one attached hydrogen (secondary N) is 1. The van der Waals surface area contributed by atoms with Crippen molar-refractivity contribution in [3.05, 3.63) is 22.5 Å². The molecule has 0 aliphatic heterocycles. The fourth-order valence-corrected chi connectivity index (χ4v) is 1.17. The van der Waals surface area contributed by atoms with Crippen molar-refractivity contribution in [1.29, 1.82) is 0 Å². The molecule has 15 heavy (non-hydrogen) atoms. The van der Waals surface area contributed by atoms with Gasteiger partial charge in [-0.25, -0.2) is 4.68 Å². The molecule has 6 heteroatoms. The molecule has 1 heterocycles. The van der Waals surface area contributed by atoms with Crippen molar-refractivity contribution in [2.24, 2.45) is 0 Å². The highest BCUT2D eigenvalue weighted by atomic mass is 16.5. The van der Waals surface area contributed by atoms with Gasteiger partial charge in [-0.05, 0) is 7.05 Å². The van der Waals surface area contributed by atoms with Crippen molar-refractivity contribution in [2.75, 3.05) is 20.7 Å². The molecule has 0 aliphatic rings. The van der Waals surface area contributed by atoms with Crippen LogP contribution in [0, 0.1) is 0 Å². The molecule has 1 rings (SSSR count). The molecule has 1 aromatic rings.